The molecular weight excluding hydrogens is 360 g/mol. The number of carboxylic acids is 1. The van der Waals surface area contributed by atoms with E-state index < -0.39 is 5.97 Å². The van der Waals surface area contributed by atoms with E-state index in [1.54, 1.807) is 24.3 Å². The van der Waals surface area contributed by atoms with E-state index in [4.69, 9.17) is 21.4 Å². The zero-order chi connectivity index (χ0) is 19.1. The molecule has 0 heterocycles. The molecular formula is C23H19ClO3. The Kier molecular flexibility index (Phi) is 6.29. The molecule has 27 heavy (non-hydrogen) atoms. The van der Waals surface area contributed by atoms with Crippen molar-refractivity contribution in [2.75, 3.05) is 0 Å². The maximum Gasteiger partial charge on any atom is 0.335 e. The normalized spacial score (nSPS) is 10.9. The first-order valence-corrected chi connectivity index (χ1v) is 8.94. The van der Waals surface area contributed by atoms with Crippen LogP contribution in [0, 0.1) is 0 Å². The van der Waals surface area contributed by atoms with Gasteiger partial charge in [0.2, 0.25) is 0 Å². The van der Waals surface area contributed by atoms with E-state index >= 15 is 0 Å². The largest absolute Gasteiger partial charge is 0.489 e. The quantitative estimate of drug-likeness (QED) is 0.559. The molecule has 3 rings (SSSR count). The van der Waals surface area contributed by atoms with Crippen molar-refractivity contribution in [2.45, 2.75) is 13.0 Å². The standard InChI is InChI=1S/C23H19ClO3/c24-21-14-13-19(22(15-21)27-16-18-5-2-1-3-6-18)8-4-7-17-9-11-20(12-10-17)23(25)26/h1-7,9-15H,8,16H2,(H,25,26)/b7-4-. The Morgan fingerprint density at radius 3 is 2.44 bits per heavy atom. The smallest absolute Gasteiger partial charge is 0.335 e. The lowest BCUT2D eigenvalue weighted by Gasteiger charge is -2.11. The van der Waals surface area contributed by atoms with Crippen molar-refractivity contribution in [1.29, 1.82) is 0 Å². The molecule has 0 aliphatic carbocycles. The van der Waals surface area contributed by atoms with Crippen LogP contribution in [0.15, 0.2) is 78.9 Å². The lowest BCUT2D eigenvalue weighted by molar-refractivity contribution is 0.0697. The van der Waals surface area contributed by atoms with Crippen LogP contribution in [-0.2, 0) is 13.0 Å². The van der Waals surface area contributed by atoms with E-state index in [0.29, 0.717) is 18.1 Å². The van der Waals surface area contributed by atoms with Gasteiger partial charge in [0.25, 0.3) is 0 Å². The number of hydrogen-bond acceptors (Lipinski definition) is 2. The lowest BCUT2D eigenvalue weighted by atomic mass is 10.1. The zero-order valence-electron chi connectivity index (χ0n) is 14.6. The summed E-state index contributed by atoms with van der Waals surface area (Å²) in [6, 6.07) is 22.4. The molecule has 3 aromatic carbocycles. The van der Waals surface area contributed by atoms with Gasteiger partial charge in [0.15, 0.2) is 0 Å². The van der Waals surface area contributed by atoms with Gasteiger partial charge >= 0.3 is 5.97 Å². The second-order valence-corrected chi connectivity index (χ2v) is 6.50. The molecule has 0 aliphatic heterocycles. The van der Waals surface area contributed by atoms with E-state index in [9.17, 15) is 4.79 Å². The van der Waals surface area contributed by atoms with Gasteiger partial charge in [0.1, 0.15) is 12.4 Å². The minimum absolute atomic E-state index is 0.279. The molecule has 0 spiro atoms. The van der Waals surface area contributed by atoms with Crippen molar-refractivity contribution >= 4 is 23.6 Å². The van der Waals surface area contributed by atoms with Crippen molar-refractivity contribution in [3.8, 4) is 5.75 Å². The molecule has 136 valence electrons. The zero-order valence-corrected chi connectivity index (χ0v) is 15.4. The van der Waals surface area contributed by atoms with Crippen molar-refractivity contribution in [3.05, 3.63) is 106 Å². The molecule has 0 radical (unpaired) electrons. The fourth-order valence-corrected chi connectivity index (χ4v) is 2.79. The molecule has 0 fully saturated rings. The van der Waals surface area contributed by atoms with Crippen LogP contribution < -0.4 is 4.74 Å². The van der Waals surface area contributed by atoms with Gasteiger partial charge in [-0.2, -0.15) is 0 Å². The van der Waals surface area contributed by atoms with Gasteiger partial charge in [-0.15, -0.1) is 0 Å². The fraction of sp³-hybridized carbons (Fsp3) is 0.0870. The average Bonchev–Trinajstić information content (AvgIpc) is 2.69. The summed E-state index contributed by atoms with van der Waals surface area (Å²) in [5, 5.41) is 9.58. The Morgan fingerprint density at radius 1 is 1.00 bits per heavy atom. The second kappa shape index (κ2) is 9.06. The third-order valence-corrected chi connectivity index (χ3v) is 4.31. The molecule has 0 bridgehead atoms. The fourth-order valence-electron chi connectivity index (χ4n) is 2.63. The van der Waals surface area contributed by atoms with Gasteiger partial charge in [0.05, 0.1) is 5.56 Å². The van der Waals surface area contributed by atoms with Crippen molar-refractivity contribution < 1.29 is 14.6 Å². The number of benzene rings is 3. The number of rotatable bonds is 7. The maximum absolute atomic E-state index is 10.9. The van der Waals surface area contributed by atoms with E-state index in [1.165, 1.54) is 0 Å². The number of allylic oxidation sites excluding steroid dienone is 1. The molecule has 1 N–H and O–H groups in total. The van der Waals surface area contributed by atoms with E-state index in [-0.39, 0.29) is 5.56 Å². The lowest BCUT2D eigenvalue weighted by Crippen LogP contribution is -1.98. The summed E-state index contributed by atoms with van der Waals surface area (Å²) in [5.41, 5.74) is 3.35. The summed E-state index contributed by atoms with van der Waals surface area (Å²) >= 11 is 6.12. The third-order valence-electron chi connectivity index (χ3n) is 4.07. The first-order valence-electron chi connectivity index (χ1n) is 8.57. The van der Waals surface area contributed by atoms with Crippen LogP contribution in [0.25, 0.3) is 6.08 Å². The van der Waals surface area contributed by atoms with Crippen molar-refractivity contribution in [1.82, 2.24) is 0 Å². The number of hydrogen-bond donors (Lipinski definition) is 1. The van der Waals surface area contributed by atoms with E-state index in [0.717, 1.165) is 22.4 Å². The van der Waals surface area contributed by atoms with E-state index in [1.807, 2.05) is 60.7 Å². The molecule has 0 aromatic heterocycles. The summed E-state index contributed by atoms with van der Waals surface area (Å²) in [5.74, 6) is -0.163. The number of aromatic carboxylic acids is 1. The third kappa shape index (κ3) is 5.47. The van der Waals surface area contributed by atoms with Crippen LogP contribution in [0.2, 0.25) is 5.02 Å². The predicted molar refractivity (Wildman–Crippen MR) is 108 cm³/mol. The predicted octanol–water partition coefficient (Wildman–Crippen LogP) is 5.87. The molecule has 0 aliphatic rings. The van der Waals surface area contributed by atoms with Gasteiger partial charge in [0, 0.05) is 5.02 Å². The SMILES string of the molecule is O=C(O)c1ccc(/C=C\Cc2ccc(Cl)cc2OCc2ccccc2)cc1. The number of carboxylic acid groups (broad SMARTS) is 1. The summed E-state index contributed by atoms with van der Waals surface area (Å²) in [7, 11) is 0. The maximum atomic E-state index is 10.9. The highest BCUT2D eigenvalue weighted by atomic mass is 35.5. The molecule has 0 saturated carbocycles. The average molecular weight is 379 g/mol. The minimum Gasteiger partial charge on any atom is -0.489 e. The first kappa shape index (κ1) is 18.7. The Bertz CT molecular complexity index is 932. The molecule has 3 nitrogen and oxygen atoms in total. The molecule has 0 saturated heterocycles. The van der Waals surface area contributed by atoms with Crippen LogP contribution in [0.1, 0.15) is 27.0 Å². The first-order chi connectivity index (χ1) is 13.1. The summed E-state index contributed by atoms with van der Waals surface area (Å²) in [6.07, 6.45) is 4.66. The number of halogens is 1. The highest BCUT2D eigenvalue weighted by molar-refractivity contribution is 6.30. The van der Waals surface area contributed by atoms with Crippen LogP contribution in [-0.4, -0.2) is 11.1 Å². The van der Waals surface area contributed by atoms with Gasteiger partial charge in [-0.05, 0) is 47.4 Å². The summed E-state index contributed by atoms with van der Waals surface area (Å²) in [6.45, 7) is 0.481. The van der Waals surface area contributed by atoms with E-state index in [2.05, 4.69) is 0 Å². The summed E-state index contributed by atoms with van der Waals surface area (Å²) < 4.78 is 5.97. The molecule has 3 aromatic rings. The monoisotopic (exact) mass is 378 g/mol. The van der Waals surface area contributed by atoms with Crippen molar-refractivity contribution in [3.63, 3.8) is 0 Å². The molecule has 4 heteroatoms. The van der Waals surface area contributed by atoms with Crippen LogP contribution >= 0.6 is 11.6 Å². The van der Waals surface area contributed by atoms with Gasteiger partial charge < -0.3 is 9.84 Å². The Labute approximate surface area is 163 Å². The Morgan fingerprint density at radius 2 is 1.74 bits per heavy atom. The Balaban J connectivity index is 1.68. The van der Waals surface area contributed by atoms with Gasteiger partial charge in [-0.1, -0.05) is 72.3 Å². The molecule has 0 atom stereocenters. The van der Waals surface area contributed by atoms with Gasteiger partial charge in [-0.3, -0.25) is 0 Å². The van der Waals surface area contributed by atoms with Crippen LogP contribution in [0.3, 0.4) is 0 Å². The highest BCUT2D eigenvalue weighted by Crippen LogP contribution is 2.25. The molecule has 0 amide bonds. The number of carbonyl (C=O) groups is 1. The highest BCUT2D eigenvalue weighted by Gasteiger charge is 2.05. The summed E-state index contributed by atoms with van der Waals surface area (Å²) in [4.78, 5) is 10.9. The second-order valence-electron chi connectivity index (χ2n) is 6.06. The molecule has 0 unspecified atom stereocenters. The minimum atomic E-state index is -0.924. The Hall–Kier alpha value is -3.04. The van der Waals surface area contributed by atoms with Crippen LogP contribution in [0.5, 0.6) is 5.75 Å². The van der Waals surface area contributed by atoms with Gasteiger partial charge in [-0.25, -0.2) is 4.79 Å². The van der Waals surface area contributed by atoms with Crippen molar-refractivity contribution in [2.24, 2.45) is 0 Å². The van der Waals surface area contributed by atoms with Crippen LogP contribution in [0.4, 0.5) is 0 Å². The topological polar surface area (TPSA) is 46.5 Å². The number of ether oxygens (including phenoxy) is 1.